The van der Waals surface area contributed by atoms with Gasteiger partial charge in [0.25, 0.3) is 0 Å². The van der Waals surface area contributed by atoms with Crippen LogP contribution in [0.2, 0.25) is 0 Å². The van der Waals surface area contributed by atoms with Gasteiger partial charge in [0.05, 0.1) is 0 Å². The van der Waals surface area contributed by atoms with E-state index in [9.17, 15) is 4.79 Å². The monoisotopic (exact) mass is 178 g/mol. The number of hydrogen-bond acceptors (Lipinski definition) is 2. The summed E-state index contributed by atoms with van der Waals surface area (Å²) < 4.78 is 5.36. The van der Waals surface area contributed by atoms with Crippen LogP contribution in [0.15, 0.2) is 24.3 Å². The first-order chi connectivity index (χ1) is 6.12. The molecule has 1 heterocycles. The van der Waals surface area contributed by atoms with Crippen molar-refractivity contribution in [2.75, 3.05) is 0 Å². The molecule has 1 aliphatic heterocycles. The van der Waals surface area contributed by atoms with E-state index in [1.807, 2.05) is 18.2 Å². The van der Waals surface area contributed by atoms with Crippen LogP contribution in [0.5, 0.6) is 5.75 Å². The second kappa shape index (κ2) is 2.49. The molecule has 0 saturated heterocycles. The van der Waals surface area contributed by atoms with Crippen LogP contribution >= 0.6 is 0 Å². The average Bonchev–Trinajstić information content (AvgIpc) is 2.42. The van der Waals surface area contributed by atoms with Crippen LogP contribution in [0, 0.1) is 0 Å². The van der Waals surface area contributed by atoms with Gasteiger partial charge in [-0.2, -0.15) is 0 Å². The molecule has 0 aromatic heterocycles. The highest BCUT2D eigenvalue weighted by Crippen LogP contribution is 2.34. The van der Waals surface area contributed by atoms with Gasteiger partial charge in [0.15, 0.2) is 0 Å². The maximum Gasteiger partial charge on any atom is 0.348 e. The third kappa shape index (κ3) is 1.16. The van der Waals surface area contributed by atoms with Gasteiger partial charge >= 0.3 is 5.97 Å². The fourth-order valence-electron chi connectivity index (χ4n) is 1.51. The predicted molar refractivity (Wildman–Crippen MR) is 46.8 cm³/mol. The minimum atomic E-state index is -1.08. The van der Waals surface area contributed by atoms with Gasteiger partial charge in [-0.05, 0) is 18.6 Å². The van der Waals surface area contributed by atoms with Gasteiger partial charge < -0.3 is 9.84 Å². The summed E-state index contributed by atoms with van der Waals surface area (Å²) in [5.41, 5.74) is -0.114. The molecule has 1 N–H and O–H groups in total. The highest BCUT2D eigenvalue weighted by molar-refractivity contribution is 5.79. The van der Waals surface area contributed by atoms with Crippen LogP contribution in [0.1, 0.15) is 12.5 Å². The van der Waals surface area contributed by atoms with E-state index in [0.29, 0.717) is 12.2 Å². The number of para-hydroxylation sites is 1. The Kier molecular flexibility index (Phi) is 1.55. The van der Waals surface area contributed by atoms with Gasteiger partial charge in [-0.15, -0.1) is 0 Å². The van der Waals surface area contributed by atoms with Gasteiger partial charge in [0, 0.05) is 6.42 Å². The number of carboxylic acids is 1. The Morgan fingerprint density at radius 3 is 2.85 bits per heavy atom. The van der Waals surface area contributed by atoms with E-state index in [2.05, 4.69) is 0 Å². The van der Waals surface area contributed by atoms with Crippen LogP contribution in [0.25, 0.3) is 0 Å². The Hall–Kier alpha value is -1.51. The lowest BCUT2D eigenvalue weighted by Crippen LogP contribution is -2.39. The molecule has 0 fully saturated rings. The van der Waals surface area contributed by atoms with E-state index < -0.39 is 11.6 Å². The number of rotatable bonds is 1. The van der Waals surface area contributed by atoms with E-state index in [0.717, 1.165) is 5.56 Å². The Labute approximate surface area is 76.0 Å². The molecule has 0 aliphatic carbocycles. The summed E-state index contributed by atoms with van der Waals surface area (Å²) in [6.45, 7) is 1.59. The van der Waals surface area contributed by atoms with Crippen molar-refractivity contribution < 1.29 is 14.6 Å². The summed E-state index contributed by atoms with van der Waals surface area (Å²) in [6.07, 6.45) is 0.443. The van der Waals surface area contributed by atoms with Crippen molar-refractivity contribution in [3.63, 3.8) is 0 Å². The lowest BCUT2D eigenvalue weighted by Gasteiger charge is -2.17. The topological polar surface area (TPSA) is 46.5 Å². The Morgan fingerprint density at radius 1 is 1.54 bits per heavy atom. The lowest BCUT2D eigenvalue weighted by atomic mass is 10.00. The van der Waals surface area contributed by atoms with E-state index in [4.69, 9.17) is 9.84 Å². The van der Waals surface area contributed by atoms with Crippen molar-refractivity contribution in [1.29, 1.82) is 0 Å². The molecule has 1 aliphatic rings. The van der Waals surface area contributed by atoms with Crippen LogP contribution in [-0.2, 0) is 11.2 Å². The highest BCUT2D eigenvalue weighted by Gasteiger charge is 2.41. The van der Waals surface area contributed by atoms with Crippen LogP contribution in [-0.4, -0.2) is 16.7 Å². The number of carboxylic acid groups (broad SMARTS) is 1. The van der Waals surface area contributed by atoms with Crippen molar-refractivity contribution in [1.82, 2.24) is 0 Å². The summed E-state index contributed by atoms with van der Waals surface area (Å²) in [7, 11) is 0. The largest absolute Gasteiger partial charge is 0.478 e. The lowest BCUT2D eigenvalue weighted by molar-refractivity contribution is -0.152. The third-order valence-electron chi connectivity index (χ3n) is 2.29. The average molecular weight is 178 g/mol. The molecular formula is C10H10O3. The maximum absolute atomic E-state index is 10.9. The first-order valence-electron chi connectivity index (χ1n) is 4.12. The molecule has 2 rings (SSSR count). The minimum Gasteiger partial charge on any atom is -0.478 e. The molecule has 0 saturated carbocycles. The van der Waals surface area contributed by atoms with Gasteiger partial charge in [0.1, 0.15) is 5.75 Å². The Balaban J connectivity index is 2.37. The molecule has 1 aromatic rings. The zero-order chi connectivity index (χ0) is 9.47. The summed E-state index contributed by atoms with van der Waals surface area (Å²) in [4.78, 5) is 10.9. The Bertz CT molecular complexity index is 332. The quantitative estimate of drug-likeness (QED) is 0.708. The summed E-state index contributed by atoms with van der Waals surface area (Å²) in [5.74, 6) is -0.226. The fraction of sp³-hybridized carbons (Fsp3) is 0.300. The van der Waals surface area contributed by atoms with Crippen molar-refractivity contribution in [3.8, 4) is 5.75 Å². The summed E-state index contributed by atoms with van der Waals surface area (Å²) >= 11 is 0. The van der Waals surface area contributed by atoms with Gasteiger partial charge in [0.2, 0.25) is 5.60 Å². The van der Waals surface area contributed by atoms with E-state index >= 15 is 0 Å². The SMILES string of the molecule is C[C@@]1(C(=O)O)Cc2ccccc2O1. The minimum absolute atomic E-state index is 0.443. The van der Waals surface area contributed by atoms with Crippen molar-refractivity contribution >= 4 is 5.97 Å². The standard InChI is InChI=1S/C10H10O3/c1-10(9(11)12)6-7-4-2-3-5-8(7)13-10/h2-5H,6H2,1H3,(H,11,12)/t10-/m0/s1. The molecule has 0 unspecified atom stereocenters. The molecule has 13 heavy (non-hydrogen) atoms. The third-order valence-corrected chi connectivity index (χ3v) is 2.29. The first kappa shape index (κ1) is 8.10. The summed E-state index contributed by atoms with van der Waals surface area (Å²) in [6, 6.07) is 7.41. The molecular weight excluding hydrogens is 168 g/mol. The molecule has 3 nitrogen and oxygen atoms in total. The highest BCUT2D eigenvalue weighted by atomic mass is 16.5. The van der Waals surface area contributed by atoms with Gasteiger partial charge in [-0.25, -0.2) is 4.79 Å². The second-order valence-corrected chi connectivity index (χ2v) is 3.42. The van der Waals surface area contributed by atoms with Crippen molar-refractivity contribution in [2.45, 2.75) is 18.9 Å². The Morgan fingerprint density at radius 2 is 2.23 bits per heavy atom. The second-order valence-electron chi connectivity index (χ2n) is 3.42. The molecule has 1 aromatic carbocycles. The van der Waals surface area contributed by atoms with E-state index in [-0.39, 0.29) is 0 Å². The number of aliphatic carboxylic acids is 1. The van der Waals surface area contributed by atoms with Crippen LogP contribution in [0.3, 0.4) is 0 Å². The normalized spacial score (nSPS) is 25.0. The molecule has 0 radical (unpaired) electrons. The zero-order valence-corrected chi connectivity index (χ0v) is 7.28. The van der Waals surface area contributed by atoms with E-state index in [1.54, 1.807) is 13.0 Å². The number of fused-ring (bicyclic) bond motifs is 1. The fourth-order valence-corrected chi connectivity index (χ4v) is 1.51. The molecule has 1 atom stereocenters. The van der Waals surface area contributed by atoms with Gasteiger partial charge in [-0.1, -0.05) is 18.2 Å². The number of hydrogen-bond donors (Lipinski definition) is 1. The molecule has 0 bridgehead atoms. The van der Waals surface area contributed by atoms with Crippen molar-refractivity contribution in [2.24, 2.45) is 0 Å². The predicted octanol–water partition coefficient (Wildman–Crippen LogP) is 1.46. The van der Waals surface area contributed by atoms with E-state index in [1.165, 1.54) is 0 Å². The molecule has 3 heteroatoms. The van der Waals surface area contributed by atoms with Crippen LogP contribution < -0.4 is 4.74 Å². The van der Waals surface area contributed by atoms with Crippen LogP contribution in [0.4, 0.5) is 0 Å². The smallest absolute Gasteiger partial charge is 0.348 e. The molecule has 0 spiro atoms. The number of ether oxygens (including phenoxy) is 1. The summed E-state index contributed by atoms with van der Waals surface area (Å²) in [5, 5.41) is 8.92. The molecule has 0 amide bonds. The number of benzene rings is 1. The van der Waals surface area contributed by atoms with Crippen molar-refractivity contribution in [3.05, 3.63) is 29.8 Å². The first-order valence-corrected chi connectivity index (χ1v) is 4.12. The van der Waals surface area contributed by atoms with Gasteiger partial charge in [-0.3, -0.25) is 0 Å². The maximum atomic E-state index is 10.9. The number of carbonyl (C=O) groups is 1. The zero-order valence-electron chi connectivity index (χ0n) is 7.28. The molecule has 68 valence electrons.